The first kappa shape index (κ1) is 10.5. The first-order valence-corrected chi connectivity index (χ1v) is 4.82. The summed E-state index contributed by atoms with van der Waals surface area (Å²) in [4.78, 5) is 11.3. The third-order valence-corrected chi connectivity index (χ3v) is 2.48. The Balaban J connectivity index is 2.21. The molecule has 0 aromatic heterocycles. The maximum Gasteiger partial charge on any atom is 0.308 e. The van der Waals surface area contributed by atoms with Crippen molar-refractivity contribution in [2.24, 2.45) is 11.3 Å². The maximum absolute atomic E-state index is 11.3. The monoisotopic (exact) mass is 186 g/mol. The molecular weight excluding hydrogens is 168 g/mol. The fourth-order valence-corrected chi connectivity index (χ4v) is 1.09. The van der Waals surface area contributed by atoms with E-state index in [4.69, 9.17) is 9.47 Å². The van der Waals surface area contributed by atoms with Gasteiger partial charge in [-0.05, 0) is 6.42 Å². The lowest BCUT2D eigenvalue weighted by Crippen LogP contribution is -2.44. The molecule has 1 saturated heterocycles. The Morgan fingerprint density at radius 1 is 1.62 bits per heavy atom. The summed E-state index contributed by atoms with van der Waals surface area (Å²) in [5.41, 5.74) is 0.0725. The Hall–Kier alpha value is -0.570. The van der Waals surface area contributed by atoms with E-state index in [9.17, 15) is 4.79 Å². The molecule has 0 radical (unpaired) electrons. The number of hydrogen-bond donors (Lipinski definition) is 0. The molecule has 3 nitrogen and oxygen atoms in total. The summed E-state index contributed by atoms with van der Waals surface area (Å²) in [6.07, 6.45) is 0.839. The molecule has 0 amide bonds. The summed E-state index contributed by atoms with van der Waals surface area (Å²) in [6.45, 7) is 7.86. The minimum Gasteiger partial charge on any atom is -0.465 e. The van der Waals surface area contributed by atoms with Gasteiger partial charge in [-0.25, -0.2) is 0 Å². The number of ether oxygens (including phenoxy) is 2. The van der Waals surface area contributed by atoms with Crippen LogP contribution in [-0.4, -0.2) is 25.8 Å². The fraction of sp³-hybridized carbons (Fsp3) is 0.900. The molecule has 1 fully saturated rings. The van der Waals surface area contributed by atoms with Crippen molar-refractivity contribution in [3.63, 3.8) is 0 Å². The van der Waals surface area contributed by atoms with Crippen molar-refractivity contribution < 1.29 is 14.3 Å². The molecule has 1 heterocycles. The highest BCUT2D eigenvalue weighted by Gasteiger charge is 2.35. The third-order valence-electron chi connectivity index (χ3n) is 2.48. The summed E-state index contributed by atoms with van der Waals surface area (Å²) < 4.78 is 10.2. The maximum atomic E-state index is 11.3. The molecule has 0 spiro atoms. The van der Waals surface area contributed by atoms with Crippen molar-refractivity contribution in [1.29, 1.82) is 0 Å². The van der Waals surface area contributed by atoms with E-state index >= 15 is 0 Å². The van der Waals surface area contributed by atoms with Crippen LogP contribution in [0.2, 0.25) is 0 Å². The van der Waals surface area contributed by atoms with E-state index in [1.165, 1.54) is 0 Å². The zero-order valence-corrected chi connectivity index (χ0v) is 8.63. The molecule has 0 bridgehead atoms. The molecule has 0 N–H and O–H groups in total. The van der Waals surface area contributed by atoms with Gasteiger partial charge in [0, 0.05) is 5.41 Å². The van der Waals surface area contributed by atoms with Crippen LogP contribution in [0.3, 0.4) is 0 Å². The van der Waals surface area contributed by atoms with E-state index in [2.05, 4.69) is 6.92 Å². The highest BCUT2D eigenvalue weighted by Crippen LogP contribution is 2.26. The Morgan fingerprint density at radius 3 is 2.62 bits per heavy atom. The zero-order chi connectivity index (χ0) is 9.90. The van der Waals surface area contributed by atoms with E-state index in [1.807, 2.05) is 13.8 Å². The molecule has 1 aliphatic rings. The molecule has 3 heteroatoms. The topological polar surface area (TPSA) is 35.5 Å². The van der Waals surface area contributed by atoms with Gasteiger partial charge in [-0.2, -0.15) is 0 Å². The first-order valence-electron chi connectivity index (χ1n) is 4.82. The zero-order valence-electron chi connectivity index (χ0n) is 8.63. The van der Waals surface area contributed by atoms with Gasteiger partial charge in [0.2, 0.25) is 0 Å². The quantitative estimate of drug-likeness (QED) is 0.626. The summed E-state index contributed by atoms with van der Waals surface area (Å²) >= 11 is 0. The lowest BCUT2D eigenvalue weighted by atomic mass is 9.90. The lowest BCUT2D eigenvalue weighted by Gasteiger charge is -2.37. The molecular formula is C10H18O3. The average Bonchev–Trinajstić information content (AvgIpc) is 2.09. The van der Waals surface area contributed by atoms with Crippen molar-refractivity contribution in [3.8, 4) is 0 Å². The van der Waals surface area contributed by atoms with Crippen molar-refractivity contribution in [1.82, 2.24) is 0 Å². The molecule has 1 unspecified atom stereocenters. The normalized spacial score (nSPS) is 21.8. The number of rotatable bonds is 4. The number of hydrogen-bond acceptors (Lipinski definition) is 3. The highest BCUT2D eigenvalue weighted by atomic mass is 16.5. The summed E-state index contributed by atoms with van der Waals surface area (Å²) in [5.74, 6) is -0.0692. The minimum atomic E-state index is -0.0874. The molecule has 13 heavy (non-hydrogen) atoms. The Labute approximate surface area is 79.4 Å². The number of esters is 1. The van der Waals surface area contributed by atoms with Gasteiger partial charge in [-0.3, -0.25) is 4.79 Å². The van der Waals surface area contributed by atoms with E-state index < -0.39 is 0 Å². The Bertz CT molecular complexity index is 185. The van der Waals surface area contributed by atoms with Crippen LogP contribution in [0.5, 0.6) is 0 Å². The van der Waals surface area contributed by atoms with Crippen LogP contribution < -0.4 is 0 Å². The Kier molecular flexibility index (Phi) is 3.31. The molecule has 1 rings (SSSR count). The van der Waals surface area contributed by atoms with Crippen molar-refractivity contribution in [2.45, 2.75) is 27.2 Å². The van der Waals surface area contributed by atoms with E-state index in [1.54, 1.807) is 0 Å². The van der Waals surface area contributed by atoms with Crippen LogP contribution in [0.25, 0.3) is 0 Å². The second-order valence-corrected chi connectivity index (χ2v) is 4.22. The molecule has 0 saturated carbocycles. The minimum absolute atomic E-state index is 0.0181. The Morgan fingerprint density at radius 2 is 2.23 bits per heavy atom. The van der Waals surface area contributed by atoms with Crippen LogP contribution in [0.15, 0.2) is 0 Å². The van der Waals surface area contributed by atoms with Gasteiger partial charge in [-0.15, -0.1) is 0 Å². The van der Waals surface area contributed by atoms with Gasteiger partial charge in [0.1, 0.15) is 6.61 Å². The molecule has 1 aliphatic heterocycles. The van der Waals surface area contributed by atoms with Gasteiger partial charge >= 0.3 is 5.97 Å². The number of carbonyl (C=O) groups is 1. The molecule has 0 aromatic rings. The van der Waals surface area contributed by atoms with Gasteiger partial charge in [0.05, 0.1) is 19.1 Å². The second kappa shape index (κ2) is 4.09. The van der Waals surface area contributed by atoms with Gasteiger partial charge in [0.15, 0.2) is 0 Å². The first-order chi connectivity index (χ1) is 6.07. The van der Waals surface area contributed by atoms with Crippen molar-refractivity contribution in [2.75, 3.05) is 19.8 Å². The van der Waals surface area contributed by atoms with E-state index in [-0.39, 0.29) is 17.3 Å². The SMILES string of the molecule is CCC(C)C(=O)OCC1(C)COC1. The summed E-state index contributed by atoms with van der Waals surface area (Å²) in [7, 11) is 0. The van der Waals surface area contributed by atoms with Gasteiger partial charge in [-0.1, -0.05) is 20.8 Å². The third kappa shape index (κ3) is 2.69. The van der Waals surface area contributed by atoms with Crippen LogP contribution in [0, 0.1) is 11.3 Å². The average molecular weight is 186 g/mol. The summed E-state index contributed by atoms with van der Waals surface area (Å²) in [6, 6.07) is 0. The lowest BCUT2D eigenvalue weighted by molar-refractivity contribution is -0.168. The molecule has 0 aliphatic carbocycles. The molecule has 1 atom stereocenters. The van der Waals surface area contributed by atoms with Crippen molar-refractivity contribution in [3.05, 3.63) is 0 Å². The molecule has 76 valence electrons. The highest BCUT2D eigenvalue weighted by molar-refractivity contribution is 5.71. The van der Waals surface area contributed by atoms with Crippen LogP contribution in [-0.2, 0) is 14.3 Å². The van der Waals surface area contributed by atoms with Gasteiger partial charge < -0.3 is 9.47 Å². The predicted molar refractivity (Wildman–Crippen MR) is 49.3 cm³/mol. The largest absolute Gasteiger partial charge is 0.465 e. The van der Waals surface area contributed by atoms with Crippen LogP contribution in [0.4, 0.5) is 0 Å². The van der Waals surface area contributed by atoms with Crippen LogP contribution in [0.1, 0.15) is 27.2 Å². The van der Waals surface area contributed by atoms with Crippen LogP contribution >= 0.6 is 0 Å². The predicted octanol–water partition coefficient (Wildman–Crippen LogP) is 1.61. The van der Waals surface area contributed by atoms with E-state index in [0.717, 1.165) is 6.42 Å². The second-order valence-electron chi connectivity index (χ2n) is 4.22. The smallest absolute Gasteiger partial charge is 0.308 e. The fourth-order valence-electron chi connectivity index (χ4n) is 1.09. The standard InChI is InChI=1S/C10H18O3/c1-4-8(2)9(11)13-7-10(3)5-12-6-10/h8H,4-7H2,1-3H3. The molecule has 0 aromatic carbocycles. The summed E-state index contributed by atoms with van der Waals surface area (Å²) in [5, 5.41) is 0. The van der Waals surface area contributed by atoms with Gasteiger partial charge in [0.25, 0.3) is 0 Å². The number of carbonyl (C=O) groups excluding carboxylic acids is 1. The van der Waals surface area contributed by atoms with E-state index in [0.29, 0.717) is 19.8 Å². The van der Waals surface area contributed by atoms with Crippen molar-refractivity contribution >= 4 is 5.97 Å².